The fourth-order valence-electron chi connectivity index (χ4n) is 3.61. The van der Waals surface area contributed by atoms with E-state index in [0.29, 0.717) is 26.3 Å². The summed E-state index contributed by atoms with van der Waals surface area (Å²) in [6.45, 7) is 7.79. The maximum absolute atomic E-state index is 12.6. The van der Waals surface area contributed by atoms with E-state index in [1.807, 2.05) is 69.3 Å². The molecule has 2 heterocycles. The van der Waals surface area contributed by atoms with Crippen LogP contribution in [0.4, 0.5) is 10.5 Å². The van der Waals surface area contributed by atoms with Gasteiger partial charge in [0.15, 0.2) is 0 Å². The molecular formula is C22H26N4O3. The Bertz CT molecular complexity index is 1080. The van der Waals surface area contributed by atoms with Crippen molar-refractivity contribution in [3.63, 3.8) is 0 Å². The van der Waals surface area contributed by atoms with Gasteiger partial charge in [0.1, 0.15) is 5.60 Å². The molecular weight excluding hydrogens is 368 g/mol. The summed E-state index contributed by atoms with van der Waals surface area (Å²) in [6.07, 6.45) is -0.317. The molecule has 29 heavy (non-hydrogen) atoms. The lowest BCUT2D eigenvalue weighted by atomic mass is 10.2. The van der Waals surface area contributed by atoms with Crippen molar-refractivity contribution in [2.24, 2.45) is 0 Å². The summed E-state index contributed by atoms with van der Waals surface area (Å²) < 4.78 is 7.23. The van der Waals surface area contributed by atoms with Crippen LogP contribution in [0.15, 0.2) is 53.3 Å². The molecule has 0 spiro atoms. The molecule has 0 atom stereocenters. The Balaban J connectivity index is 1.60. The second kappa shape index (κ2) is 7.31. The fourth-order valence-corrected chi connectivity index (χ4v) is 3.61. The first-order valence-electron chi connectivity index (χ1n) is 9.80. The summed E-state index contributed by atoms with van der Waals surface area (Å²) >= 11 is 0. The highest BCUT2D eigenvalue weighted by Crippen LogP contribution is 2.27. The Labute approximate surface area is 169 Å². The number of hydrogen-bond acceptors (Lipinski definition) is 4. The number of nitrogens with one attached hydrogen (secondary N) is 1. The van der Waals surface area contributed by atoms with Crippen molar-refractivity contribution in [3.8, 4) is 0 Å². The zero-order valence-corrected chi connectivity index (χ0v) is 17.0. The largest absolute Gasteiger partial charge is 0.444 e. The van der Waals surface area contributed by atoms with Crippen LogP contribution in [0.25, 0.3) is 11.0 Å². The van der Waals surface area contributed by atoms with Crippen molar-refractivity contribution in [3.05, 3.63) is 64.6 Å². The van der Waals surface area contributed by atoms with Gasteiger partial charge < -0.3 is 14.6 Å². The van der Waals surface area contributed by atoms with Crippen LogP contribution < -0.4 is 10.6 Å². The lowest BCUT2D eigenvalue weighted by Crippen LogP contribution is -2.36. The van der Waals surface area contributed by atoms with E-state index in [9.17, 15) is 9.59 Å². The van der Waals surface area contributed by atoms with Gasteiger partial charge in [0.2, 0.25) is 0 Å². The quantitative estimate of drug-likeness (QED) is 0.739. The number of imidazole rings is 1. The predicted molar refractivity (Wildman–Crippen MR) is 113 cm³/mol. The second-order valence-electron chi connectivity index (χ2n) is 8.32. The third kappa shape index (κ3) is 3.99. The lowest BCUT2D eigenvalue weighted by Gasteiger charge is -2.25. The molecule has 0 aliphatic carbocycles. The van der Waals surface area contributed by atoms with E-state index in [-0.39, 0.29) is 11.8 Å². The molecule has 0 radical (unpaired) electrons. The molecule has 4 rings (SSSR count). The standard InChI is InChI=1S/C22H26N4O3/c1-22(2,3)29-21(28)25-13-12-24(15-25)17-10-7-11-18-19(17)23-20(27)26(18)14-16-8-5-4-6-9-16/h4-11H,12-15H2,1-3H3,(H,23,27). The van der Waals surface area contributed by atoms with Gasteiger partial charge in [-0.1, -0.05) is 36.4 Å². The smallest absolute Gasteiger partial charge is 0.411 e. The highest BCUT2D eigenvalue weighted by atomic mass is 16.6. The number of nitrogens with zero attached hydrogens (tertiary/aromatic N) is 3. The van der Waals surface area contributed by atoms with E-state index >= 15 is 0 Å². The van der Waals surface area contributed by atoms with Gasteiger partial charge in [0.25, 0.3) is 0 Å². The van der Waals surface area contributed by atoms with Crippen LogP contribution in [0.1, 0.15) is 26.3 Å². The molecule has 1 aliphatic rings. The Morgan fingerprint density at radius 3 is 2.55 bits per heavy atom. The van der Waals surface area contributed by atoms with Crippen LogP contribution in [0.5, 0.6) is 0 Å². The first-order valence-corrected chi connectivity index (χ1v) is 9.80. The number of ether oxygens (including phenoxy) is 1. The molecule has 1 saturated heterocycles. The Morgan fingerprint density at radius 1 is 1.07 bits per heavy atom. The Kier molecular flexibility index (Phi) is 4.82. The molecule has 0 saturated carbocycles. The minimum atomic E-state index is -0.523. The van der Waals surface area contributed by atoms with E-state index in [4.69, 9.17) is 4.74 Å². The van der Waals surface area contributed by atoms with E-state index < -0.39 is 5.60 Å². The molecule has 0 bridgehead atoms. The number of fused-ring (bicyclic) bond motifs is 1. The lowest BCUT2D eigenvalue weighted by molar-refractivity contribution is 0.0297. The minimum absolute atomic E-state index is 0.139. The van der Waals surface area contributed by atoms with Gasteiger partial charge in [-0.2, -0.15) is 0 Å². The van der Waals surface area contributed by atoms with Crippen LogP contribution in [0.2, 0.25) is 0 Å². The fraction of sp³-hybridized carbons (Fsp3) is 0.364. The number of aromatic amines is 1. The zero-order valence-electron chi connectivity index (χ0n) is 17.0. The molecule has 1 fully saturated rings. The average Bonchev–Trinajstić information content (AvgIpc) is 3.27. The van der Waals surface area contributed by atoms with Crippen LogP contribution in [0, 0.1) is 0 Å². The number of benzene rings is 2. The normalized spacial score (nSPS) is 14.6. The molecule has 7 heteroatoms. The SMILES string of the molecule is CC(C)(C)OC(=O)N1CCN(c2cccc3c2[nH]c(=O)n3Cc2ccccc2)C1. The number of H-pyrrole nitrogens is 1. The van der Waals surface area contributed by atoms with Crippen molar-refractivity contribution in [1.29, 1.82) is 0 Å². The third-order valence-electron chi connectivity index (χ3n) is 4.95. The number of para-hydroxylation sites is 1. The summed E-state index contributed by atoms with van der Waals surface area (Å²) in [4.78, 5) is 31.8. The maximum Gasteiger partial charge on any atom is 0.411 e. The molecule has 7 nitrogen and oxygen atoms in total. The van der Waals surface area contributed by atoms with Gasteiger partial charge in [-0.15, -0.1) is 0 Å². The van der Waals surface area contributed by atoms with Crippen molar-refractivity contribution >= 4 is 22.8 Å². The molecule has 0 unspecified atom stereocenters. The molecule has 1 amide bonds. The summed E-state index contributed by atoms with van der Waals surface area (Å²) in [6, 6.07) is 15.8. The van der Waals surface area contributed by atoms with Gasteiger partial charge in [0.05, 0.1) is 29.9 Å². The third-order valence-corrected chi connectivity index (χ3v) is 4.95. The number of amides is 1. The van der Waals surface area contributed by atoms with Crippen molar-refractivity contribution in [2.45, 2.75) is 32.9 Å². The highest BCUT2D eigenvalue weighted by molar-refractivity contribution is 5.89. The van der Waals surface area contributed by atoms with Gasteiger partial charge in [0, 0.05) is 13.1 Å². The van der Waals surface area contributed by atoms with Gasteiger partial charge in [-0.25, -0.2) is 9.59 Å². The predicted octanol–water partition coefficient (Wildman–Crippen LogP) is 3.39. The van der Waals surface area contributed by atoms with Crippen LogP contribution in [-0.2, 0) is 11.3 Å². The first kappa shape index (κ1) is 19.1. The number of carbonyl (C=O) groups excluding carboxylic acids is 1. The molecule has 3 aromatic rings. The van der Waals surface area contributed by atoms with Crippen LogP contribution in [-0.4, -0.2) is 45.9 Å². The van der Waals surface area contributed by atoms with Gasteiger partial charge >= 0.3 is 11.8 Å². The van der Waals surface area contributed by atoms with Crippen molar-refractivity contribution in [2.75, 3.05) is 24.7 Å². The summed E-state index contributed by atoms with van der Waals surface area (Å²) in [5.41, 5.74) is 2.96. The summed E-state index contributed by atoms with van der Waals surface area (Å²) in [5.74, 6) is 0. The summed E-state index contributed by atoms with van der Waals surface area (Å²) in [5, 5.41) is 0. The minimum Gasteiger partial charge on any atom is -0.444 e. The van der Waals surface area contributed by atoms with E-state index in [1.54, 1.807) is 9.47 Å². The van der Waals surface area contributed by atoms with Crippen molar-refractivity contribution in [1.82, 2.24) is 14.5 Å². The van der Waals surface area contributed by atoms with E-state index in [1.165, 1.54) is 0 Å². The second-order valence-corrected chi connectivity index (χ2v) is 8.32. The zero-order chi connectivity index (χ0) is 20.6. The Hall–Kier alpha value is -3.22. The first-order chi connectivity index (χ1) is 13.8. The van der Waals surface area contributed by atoms with Gasteiger partial charge in [-0.3, -0.25) is 9.47 Å². The van der Waals surface area contributed by atoms with Gasteiger partial charge in [-0.05, 0) is 38.5 Å². The molecule has 1 aromatic heterocycles. The Morgan fingerprint density at radius 2 is 1.83 bits per heavy atom. The number of aromatic nitrogens is 2. The van der Waals surface area contributed by atoms with E-state index in [0.717, 1.165) is 22.3 Å². The van der Waals surface area contributed by atoms with Crippen molar-refractivity contribution < 1.29 is 9.53 Å². The molecule has 1 N–H and O–H groups in total. The molecule has 1 aliphatic heterocycles. The number of anilines is 1. The molecule has 152 valence electrons. The topological polar surface area (TPSA) is 70.6 Å². The monoisotopic (exact) mass is 394 g/mol. The summed E-state index contributed by atoms with van der Waals surface area (Å²) in [7, 11) is 0. The van der Waals surface area contributed by atoms with Crippen LogP contribution in [0.3, 0.4) is 0 Å². The van der Waals surface area contributed by atoms with Crippen LogP contribution >= 0.6 is 0 Å². The highest BCUT2D eigenvalue weighted by Gasteiger charge is 2.29. The number of hydrogen-bond donors (Lipinski definition) is 1. The maximum atomic E-state index is 12.6. The molecule has 2 aromatic carbocycles. The van der Waals surface area contributed by atoms with E-state index in [2.05, 4.69) is 9.88 Å². The number of rotatable bonds is 3. The average molecular weight is 394 g/mol. The number of carbonyl (C=O) groups is 1.